The lowest BCUT2D eigenvalue weighted by Gasteiger charge is -2.25. The highest BCUT2D eigenvalue weighted by Crippen LogP contribution is 2.52. The number of hydrogen-bond donors (Lipinski definition) is 1. The first-order valence-electron chi connectivity index (χ1n) is 13.3. The number of hydrogen-bond acceptors (Lipinski definition) is 6. The van der Waals surface area contributed by atoms with Crippen molar-refractivity contribution in [1.82, 2.24) is 19.4 Å². The van der Waals surface area contributed by atoms with Crippen LogP contribution in [0.3, 0.4) is 0 Å². The van der Waals surface area contributed by atoms with E-state index in [1.807, 2.05) is 42.4 Å². The second-order valence-corrected chi connectivity index (χ2v) is 10.4. The zero-order chi connectivity index (χ0) is 26.0. The third-order valence-electron chi connectivity index (χ3n) is 8.10. The number of esters is 1. The van der Waals surface area contributed by atoms with Crippen LogP contribution in [0.5, 0.6) is 0 Å². The third kappa shape index (κ3) is 3.58. The Morgan fingerprint density at radius 3 is 2.71 bits per heavy atom. The molecule has 192 valence electrons. The van der Waals surface area contributed by atoms with Crippen molar-refractivity contribution in [2.24, 2.45) is 0 Å². The topological polar surface area (TPSA) is 89.4 Å². The summed E-state index contributed by atoms with van der Waals surface area (Å²) in [5.41, 5.74) is 7.40. The predicted octanol–water partition coefficient (Wildman–Crippen LogP) is 5.07. The van der Waals surface area contributed by atoms with E-state index >= 15 is 0 Å². The number of aromatic nitrogens is 3. The van der Waals surface area contributed by atoms with Crippen molar-refractivity contribution in [2.45, 2.75) is 44.2 Å². The molecule has 3 aliphatic rings. The molecule has 2 aromatic carbocycles. The standard InChI is InChI=1S/C30H29N5O3/c1-3-38-27(36)16-32-26-12-10-19(15-31-26)18-9-11-22-23(13-18)35-24-14-25(29(35)33-22)34(2)30(37)21-6-4-5-20(28(21)24)17-7-8-17/h4-6,9-13,15,17,24-25H,3,7-8,14,16H2,1-2H3,(H,31,32)/t24-,25-/m1/s1. The number of nitrogens with one attached hydrogen (secondary N) is 1. The quantitative estimate of drug-likeness (QED) is 0.367. The Balaban J connectivity index is 1.28. The van der Waals surface area contributed by atoms with Crippen LogP contribution in [0, 0.1) is 0 Å². The molecule has 1 saturated carbocycles. The highest BCUT2D eigenvalue weighted by Gasteiger charge is 2.45. The lowest BCUT2D eigenvalue weighted by molar-refractivity contribution is -0.140. The maximum Gasteiger partial charge on any atom is 0.325 e. The van der Waals surface area contributed by atoms with Gasteiger partial charge in [-0.1, -0.05) is 18.2 Å². The summed E-state index contributed by atoms with van der Waals surface area (Å²) < 4.78 is 7.34. The number of ether oxygens (including phenoxy) is 1. The van der Waals surface area contributed by atoms with Gasteiger partial charge < -0.3 is 19.5 Å². The van der Waals surface area contributed by atoms with E-state index in [0.29, 0.717) is 18.3 Å². The third-order valence-corrected chi connectivity index (χ3v) is 8.10. The van der Waals surface area contributed by atoms with E-state index in [0.717, 1.165) is 40.0 Å². The van der Waals surface area contributed by atoms with Crippen molar-refractivity contribution < 1.29 is 14.3 Å². The van der Waals surface area contributed by atoms with Crippen molar-refractivity contribution in [2.75, 3.05) is 25.5 Å². The van der Waals surface area contributed by atoms with Crippen LogP contribution in [0.4, 0.5) is 5.82 Å². The van der Waals surface area contributed by atoms with Crippen LogP contribution in [0.1, 0.15) is 71.5 Å². The molecule has 7 rings (SSSR count). The second-order valence-electron chi connectivity index (χ2n) is 10.4. The number of fused-ring (bicyclic) bond motifs is 9. The molecule has 0 unspecified atom stereocenters. The van der Waals surface area contributed by atoms with E-state index in [1.165, 1.54) is 24.0 Å². The molecule has 8 heteroatoms. The summed E-state index contributed by atoms with van der Waals surface area (Å²) in [5, 5.41) is 3.00. The SMILES string of the molecule is CCOC(=O)CNc1ccc(-c2ccc3nc4n(c3c2)[C@@H]2C[C@H]4N(C)C(=O)c3cccc(C4CC4)c32)cn1. The highest BCUT2D eigenvalue weighted by atomic mass is 16.5. The number of nitrogens with zero attached hydrogens (tertiary/aromatic N) is 4. The fourth-order valence-electron chi connectivity index (χ4n) is 6.12. The molecule has 0 spiro atoms. The van der Waals surface area contributed by atoms with Crippen molar-refractivity contribution in [1.29, 1.82) is 0 Å². The van der Waals surface area contributed by atoms with Crippen molar-refractivity contribution in [3.05, 3.63) is 77.2 Å². The molecule has 8 nitrogen and oxygen atoms in total. The van der Waals surface area contributed by atoms with Gasteiger partial charge in [0, 0.05) is 30.8 Å². The summed E-state index contributed by atoms with van der Waals surface area (Å²) in [6, 6.07) is 16.5. The van der Waals surface area contributed by atoms with Crippen LogP contribution in [0.15, 0.2) is 54.7 Å². The number of benzene rings is 2. The van der Waals surface area contributed by atoms with Crippen molar-refractivity contribution in [3.63, 3.8) is 0 Å². The number of rotatable bonds is 6. The monoisotopic (exact) mass is 507 g/mol. The number of pyridine rings is 1. The van der Waals surface area contributed by atoms with Gasteiger partial charge in [0.2, 0.25) is 0 Å². The van der Waals surface area contributed by atoms with E-state index in [-0.39, 0.29) is 30.5 Å². The molecule has 1 fully saturated rings. The van der Waals surface area contributed by atoms with E-state index < -0.39 is 0 Å². The molecule has 1 aliphatic carbocycles. The first-order valence-corrected chi connectivity index (χ1v) is 13.3. The number of carbonyl (C=O) groups excluding carboxylic acids is 2. The minimum Gasteiger partial charge on any atom is -0.465 e. The Labute approximate surface area is 220 Å². The van der Waals surface area contributed by atoms with Crippen LogP contribution in [0.2, 0.25) is 0 Å². The fraction of sp³-hybridized carbons (Fsp3) is 0.333. The summed E-state index contributed by atoms with van der Waals surface area (Å²) in [7, 11) is 1.91. The minimum absolute atomic E-state index is 0.0470. The van der Waals surface area contributed by atoms with Crippen LogP contribution in [0.25, 0.3) is 22.2 Å². The molecule has 0 radical (unpaired) electrons. The minimum atomic E-state index is -0.307. The van der Waals surface area contributed by atoms with Crippen LogP contribution >= 0.6 is 0 Å². The Kier molecular flexibility index (Phi) is 5.25. The number of anilines is 1. The first kappa shape index (κ1) is 23.0. The molecule has 2 aliphatic heterocycles. The summed E-state index contributed by atoms with van der Waals surface area (Å²) in [4.78, 5) is 36.5. The average molecular weight is 508 g/mol. The van der Waals surface area contributed by atoms with E-state index in [2.05, 4.69) is 39.1 Å². The highest BCUT2D eigenvalue weighted by molar-refractivity contribution is 5.97. The Morgan fingerprint density at radius 2 is 1.95 bits per heavy atom. The Hall–Kier alpha value is -4.20. The molecule has 2 aromatic heterocycles. The largest absolute Gasteiger partial charge is 0.465 e. The molecule has 0 saturated heterocycles. The molecule has 2 bridgehead atoms. The van der Waals surface area contributed by atoms with Gasteiger partial charge >= 0.3 is 5.97 Å². The number of imidazole rings is 1. The summed E-state index contributed by atoms with van der Waals surface area (Å²) in [6.07, 6.45) is 5.04. The van der Waals surface area contributed by atoms with Crippen molar-refractivity contribution in [3.8, 4) is 11.1 Å². The summed E-state index contributed by atoms with van der Waals surface area (Å²) >= 11 is 0. The molecule has 38 heavy (non-hydrogen) atoms. The first-order chi connectivity index (χ1) is 18.5. The van der Waals surface area contributed by atoms with Crippen LogP contribution in [-0.2, 0) is 9.53 Å². The van der Waals surface area contributed by atoms with Gasteiger partial charge in [-0.05, 0) is 72.7 Å². The molecule has 1 amide bonds. The molecule has 4 heterocycles. The normalized spacial score (nSPS) is 19.7. The average Bonchev–Trinajstić information content (AvgIpc) is 3.65. The van der Waals surface area contributed by atoms with E-state index in [9.17, 15) is 9.59 Å². The summed E-state index contributed by atoms with van der Waals surface area (Å²) in [5.74, 6) is 1.92. The lowest BCUT2D eigenvalue weighted by atomic mass is 9.91. The Bertz CT molecular complexity index is 1590. The van der Waals surface area contributed by atoms with Gasteiger partial charge in [0.05, 0.1) is 29.7 Å². The zero-order valence-corrected chi connectivity index (χ0v) is 21.5. The maximum absolute atomic E-state index is 13.5. The number of carbonyl (C=O) groups is 2. The smallest absolute Gasteiger partial charge is 0.325 e. The fourth-order valence-corrected chi connectivity index (χ4v) is 6.12. The van der Waals surface area contributed by atoms with Gasteiger partial charge in [-0.15, -0.1) is 0 Å². The van der Waals surface area contributed by atoms with Gasteiger partial charge in [0.15, 0.2) is 0 Å². The van der Waals surface area contributed by atoms with Crippen LogP contribution < -0.4 is 5.32 Å². The molecule has 2 atom stereocenters. The maximum atomic E-state index is 13.5. The van der Waals surface area contributed by atoms with Gasteiger partial charge in [-0.3, -0.25) is 9.59 Å². The van der Waals surface area contributed by atoms with Crippen LogP contribution in [-0.4, -0.2) is 51.5 Å². The number of amides is 1. The lowest BCUT2D eigenvalue weighted by Crippen LogP contribution is -2.30. The van der Waals surface area contributed by atoms with Gasteiger partial charge in [-0.2, -0.15) is 0 Å². The second kappa shape index (κ2) is 8.68. The predicted molar refractivity (Wildman–Crippen MR) is 144 cm³/mol. The van der Waals surface area contributed by atoms with Crippen molar-refractivity contribution >= 4 is 28.7 Å². The Morgan fingerprint density at radius 1 is 1.11 bits per heavy atom. The molecular formula is C30H29N5O3. The zero-order valence-electron chi connectivity index (χ0n) is 21.5. The summed E-state index contributed by atoms with van der Waals surface area (Å²) in [6.45, 7) is 2.22. The molecule has 1 N–H and O–H groups in total. The molecule has 4 aromatic rings. The van der Waals surface area contributed by atoms with Gasteiger partial charge in [0.1, 0.15) is 18.2 Å². The van der Waals surface area contributed by atoms with Gasteiger partial charge in [0.25, 0.3) is 5.91 Å². The van der Waals surface area contributed by atoms with E-state index in [4.69, 9.17) is 9.72 Å². The van der Waals surface area contributed by atoms with E-state index in [1.54, 1.807) is 6.92 Å². The van der Waals surface area contributed by atoms with Gasteiger partial charge in [-0.25, -0.2) is 9.97 Å². The molecular weight excluding hydrogens is 478 g/mol.